The standard InChI is InChI=1S/C19H17NO4S/c1-3-10-20-18(21)16(13-6-8-14(23-2)9-7-13)17(19(20)22)25-12-15-5-4-11-24-15/h3-9,11H,1,10,12H2,2H3. The second kappa shape index (κ2) is 7.44. The van der Waals surface area contributed by atoms with Gasteiger partial charge in [-0.05, 0) is 29.8 Å². The van der Waals surface area contributed by atoms with E-state index in [2.05, 4.69) is 6.58 Å². The van der Waals surface area contributed by atoms with E-state index in [4.69, 9.17) is 9.15 Å². The van der Waals surface area contributed by atoms with Crippen LogP contribution in [-0.2, 0) is 15.3 Å². The molecule has 0 aliphatic carbocycles. The Balaban J connectivity index is 1.96. The SMILES string of the molecule is C=CCN1C(=O)C(SCc2ccco2)=C(c2ccc(OC)cc2)C1=O. The molecule has 5 nitrogen and oxygen atoms in total. The van der Waals surface area contributed by atoms with Crippen LogP contribution in [-0.4, -0.2) is 30.4 Å². The summed E-state index contributed by atoms with van der Waals surface area (Å²) in [6.45, 7) is 3.80. The van der Waals surface area contributed by atoms with Crippen LogP contribution >= 0.6 is 11.8 Å². The Morgan fingerprint density at radius 3 is 2.56 bits per heavy atom. The van der Waals surface area contributed by atoms with Gasteiger partial charge in [-0.2, -0.15) is 0 Å². The van der Waals surface area contributed by atoms with Crippen LogP contribution in [0, 0.1) is 0 Å². The van der Waals surface area contributed by atoms with Gasteiger partial charge in [-0.15, -0.1) is 18.3 Å². The van der Waals surface area contributed by atoms with Crippen molar-refractivity contribution in [1.82, 2.24) is 4.90 Å². The summed E-state index contributed by atoms with van der Waals surface area (Å²) in [6.07, 6.45) is 3.13. The Bertz CT molecular complexity index is 822. The second-order valence-electron chi connectivity index (χ2n) is 5.31. The molecule has 0 N–H and O–H groups in total. The molecular formula is C19H17NO4S. The third-order valence-electron chi connectivity index (χ3n) is 3.75. The van der Waals surface area contributed by atoms with Crippen LogP contribution in [0.25, 0.3) is 5.57 Å². The Morgan fingerprint density at radius 2 is 1.96 bits per heavy atom. The molecule has 0 saturated heterocycles. The highest BCUT2D eigenvalue weighted by Crippen LogP contribution is 2.37. The lowest BCUT2D eigenvalue weighted by molar-refractivity contribution is -0.135. The van der Waals surface area contributed by atoms with E-state index in [1.54, 1.807) is 49.8 Å². The van der Waals surface area contributed by atoms with Gasteiger partial charge >= 0.3 is 0 Å². The zero-order valence-electron chi connectivity index (χ0n) is 13.7. The largest absolute Gasteiger partial charge is 0.497 e. The molecule has 0 saturated carbocycles. The fraction of sp³-hybridized carbons (Fsp3) is 0.158. The molecule has 2 heterocycles. The van der Waals surface area contributed by atoms with Crippen LogP contribution in [0.4, 0.5) is 0 Å². The fourth-order valence-electron chi connectivity index (χ4n) is 2.53. The van der Waals surface area contributed by atoms with Gasteiger partial charge in [-0.25, -0.2) is 0 Å². The lowest BCUT2D eigenvalue weighted by Crippen LogP contribution is -2.31. The van der Waals surface area contributed by atoms with Crippen LogP contribution in [0.3, 0.4) is 0 Å². The summed E-state index contributed by atoms with van der Waals surface area (Å²) in [4.78, 5) is 27.1. The second-order valence-corrected chi connectivity index (χ2v) is 6.30. The van der Waals surface area contributed by atoms with Crippen LogP contribution in [0.1, 0.15) is 11.3 Å². The van der Waals surface area contributed by atoms with Crippen molar-refractivity contribution < 1.29 is 18.7 Å². The molecule has 1 aliphatic heterocycles. The number of thioether (sulfide) groups is 1. The number of amides is 2. The molecular weight excluding hydrogens is 338 g/mol. The molecule has 3 rings (SSSR count). The van der Waals surface area contributed by atoms with Crippen molar-refractivity contribution in [2.45, 2.75) is 5.75 Å². The topological polar surface area (TPSA) is 59.8 Å². The van der Waals surface area contributed by atoms with Crippen molar-refractivity contribution in [1.29, 1.82) is 0 Å². The third-order valence-corrected chi connectivity index (χ3v) is 4.85. The lowest BCUT2D eigenvalue weighted by Gasteiger charge is -2.12. The number of carbonyl (C=O) groups is 2. The molecule has 1 aromatic heterocycles. The Hall–Kier alpha value is -2.73. The summed E-state index contributed by atoms with van der Waals surface area (Å²) in [5.41, 5.74) is 1.10. The van der Waals surface area contributed by atoms with Crippen LogP contribution in [0.2, 0.25) is 0 Å². The van der Waals surface area contributed by atoms with E-state index in [9.17, 15) is 9.59 Å². The molecule has 0 radical (unpaired) electrons. The van der Waals surface area contributed by atoms with E-state index in [0.29, 0.717) is 27.5 Å². The first-order valence-electron chi connectivity index (χ1n) is 7.66. The number of benzene rings is 1. The summed E-state index contributed by atoms with van der Waals surface area (Å²) in [6, 6.07) is 10.7. The minimum absolute atomic E-state index is 0.183. The van der Waals surface area contributed by atoms with Gasteiger partial charge in [0.1, 0.15) is 11.5 Å². The number of rotatable bonds is 7. The van der Waals surface area contributed by atoms with E-state index in [-0.39, 0.29) is 18.4 Å². The summed E-state index contributed by atoms with van der Waals surface area (Å²) >= 11 is 1.30. The maximum atomic E-state index is 12.8. The van der Waals surface area contributed by atoms with Gasteiger partial charge < -0.3 is 9.15 Å². The zero-order chi connectivity index (χ0) is 17.8. The van der Waals surface area contributed by atoms with Gasteiger partial charge in [0.15, 0.2) is 0 Å². The molecule has 128 valence electrons. The highest BCUT2D eigenvalue weighted by Gasteiger charge is 2.38. The van der Waals surface area contributed by atoms with Crippen molar-refractivity contribution in [3.8, 4) is 5.75 Å². The van der Waals surface area contributed by atoms with E-state index in [0.717, 1.165) is 5.76 Å². The smallest absolute Gasteiger partial charge is 0.268 e. The Labute approximate surface area is 150 Å². The fourth-order valence-corrected chi connectivity index (χ4v) is 3.57. The van der Waals surface area contributed by atoms with Gasteiger partial charge in [0, 0.05) is 6.54 Å². The quantitative estimate of drug-likeness (QED) is 0.562. The first-order chi connectivity index (χ1) is 12.2. The number of methoxy groups -OCH3 is 1. The molecule has 0 spiro atoms. The van der Waals surface area contributed by atoms with E-state index in [1.807, 2.05) is 6.07 Å². The van der Waals surface area contributed by atoms with E-state index < -0.39 is 0 Å². The minimum Gasteiger partial charge on any atom is -0.497 e. The monoisotopic (exact) mass is 355 g/mol. The van der Waals surface area contributed by atoms with Crippen LogP contribution < -0.4 is 4.74 Å². The highest BCUT2D eigenvalue weighted by atomic mass is 32.2. The van der Waals surface area contributed by atoms with Gasteiger partial charge in [0.05, 0.1) is 29.6 Å². The molecule has 0 unspecified atom stereocenters. The number of nitrogens with zero attached hydrogens (tertiary/aromatic N) is 1. The normalized spacial score (nSPS) is 14.4. The summed E-state index contributed by atoms with van der Waals surface area (Å²) in [5, 5.41) is 0. The maximum Gasteiger partial charge on any atom is 0.268 e. The molecule has 0 fully saturated rings. The minimum atomic E-state index is -0.308. The number of furan rings is 1. The molecule has 2 amide bonds. The van der Waals surface area contributed by atoms with Gasteiger partial charge in [0.25, 0.3) is 11.8 Å². The van der Waals surface area contributed by atoms with Crippen molar-refractivity contribution in [3.05, 3.63) is 71.5 Å². The number of ether oxygens (including phenoxy) is 1. The Morgan fingerprint density at radius 1 is 1.20 bits per heavy atom. The summed E-state index contributed by atoms with van der Waals surface area (Å²) in [7, 11) is 1.58. The lowest BCUT2D eigenvalue weighted by atomic mass is 10.1. The molecule has 1 aliphatic rings. The van der Waals surface area contributed by atoms with E-state index >= 15 is 0 Å². The molecule has 2 aromatic rings. The van der Waals surface area contributed by atoms with Crippen molar-refractivity contribution in [2.75, 3.05) is 13.7 Å². The highest BCUT2D eigenvalue weighted by molar-refractivity contribution is 8.03. The first-order valence-corrected chi connectivity index (χ1v) is 8.65. The predicted octanol–water partition coefficient (Wildman–Crippen LogP) is 3.49. The van der Waals surface area contributed by atoms with Gasteiger partial charge in [-0.1, -0.05) is 18.2 Å². The average molecular weight is 355 g/mol. The average Bonchev–Trinajstić information content (AvgIpc) is 3.22. The zero-order valence-corrected chi connectivity index (χ0v) is 14.5. The predicted molar refractivity (Wildman–Crippen MR) is 96.8 cm³/mol. The third kappa shape index (κ3) is 3.39. The molecule has 25 heavy (non-hydrogen) atoms. The first kappa shape index (κ1) is 17.1. The molecule has 1 aromatic carbocycles. The number of hydrogen-bond donors (Lipinski definition) is 0. The van der Waals surface area contributed by atoms with Crippen molar-refractivity contribution in [2.24, 2.45) is 0 Å². The molecule has 0 bridgehead atoms. The van der Waals surface area contributed by atoms with Crippen molar-refractivity contribution in [3.63, 3.8) is 0 Å². The van der Waals surface area contributed by atoms with Crippen LogP contribution in [0.15, 0.2) is 64.6 Å². The number of carbonyl (C=O) groups excluding carboxylic acids is 2. The summed E-state index contributed by atoms with van der Waals surface area (Å²) < 4.78 is 10.5. The van der Waals surface area contributed by atoms with Gasteiger partial charge in [0.2, 0.25) is 0 Å². The molecule has 0 atom stereocenters. The van der Waals surface area contributed by atoms with Gasteiger partial charge in [-0.3, -0.25) is 14.5 Å². The van der Waals surface area contributed by atoms with Crippen LogP contribution in [0.5, 0.6) is 5.75 Å². The number of hydrogen-bond acceptors (Lipinski definition) is 5. The van der Waals surface area contributed by atoms with Crippen molar-refractivity contribution >= 4 is 29.1 Å². The Kier molecular flexibility index (Phi) is 5.09. The number of imide groups is 1. The molecule has 6 heteroatoms. The van der Waals surface area contributed by atoms with E-state index in [1.165, 1.54) is 16.7 Å². The summed E-state index contributed by atoms with van der Waals surface area (Å²) in [5.74, 6) is 1.30. The maximum absolute atomic E-state index is 12.8.